The minimum atomic E-state index is -0.856. The normalized spacial score (nSPS) is 20.0. The number of fused-ring (bicyclic) bond motifs is 3. The predicted molar refractivity (Wildman–Crippen MR) is 531 cm³/mol. The molecule has 8 amide bonds. The molecule has 0 unspecified atom stereocenters. The summed E-state index contributed by atoms with van der Waals surface area (Å²) in [6.07, 6.45) is 9.77. The fourth-order valence-electron chi connectivity index (χ4n) is 18.0. The Morgan fingerprint density at radius 2 is 0.835 bits per heavy atom. The Bertz CT molecular complexity index is 6110. The van der Waals surface area contributed by atoms with Crippen LogP contribution >= 0.6 is 84.7 Å². The molecule has 0 radical (unpaired) electrons. The third-order valence-electron chi connectivity index (χ3n) is 24.6. The van der Waals surface area contributed by atoms with Gasteiger partial charge in [-0.3, -0.25) is 54.0 Å². The molecule has 42 heteroatoms. The van der Waals surface area contributed by atoms with Gasteiger partial charge in [-0.05, 0) is 135 Å². The standard InChI is InChI=1S/C33H32ClFN6O5S.C32H33BrFN7O4S.C32H33Cl2N7O4S/c1-3-46-27(42)11-6-20-4-8-22(9-5-20)41-18-23-17-39(13-14-40(23)33(41)44)19-26-28(32(43)45-2)29(24-10-7-21(35)16-25(24)34)38-30(37-26)31-36-12-15-47-31;1-2-45-31(43)27-25(37-29(30-36-11-14-46-30)38-28(27)23-9-6-20(34)15-24(23)33)18-39-12-13-40-22(16-39)17-41(32(40)44)21-7-3-19(4-8-21)5-10-26(35)42;1-2-45-31(43)27-25(37-29(30-36-11-14-46-30)38-28(27)23-9-6-20(33)15-24(23)34)18-39-12-13-40-22(16-39)17-41(32(40)44)21-7-3-19(4-8-21)5-10-26(35)42/h4-12,15-16,23,29H,3,13-14,17-19H2,1-2H3,(H,37,38);2*3-4,6-9,11,14-15,22,28H,2,5,10,12-13,16-18H2,1H3,(H2,35,42)(H,37,38)/b11-6+;;/t23-,29-;2*22-,28-/m000/s1. The molecular formula is C97H98BrCl3F2N20O13S3. The number of benzene rings is 6. The molecule has 724 valence electrons. The van der Waals surface area contributed by atoms with Gasteiger partial charge in [-0.2, -0.15) is 0 Å². The van der Waals surface area contributed by atoms with E-state index < -0.39 is 53.6 Å². The number of nitrogens with zero attached hydrogens (tertiary/aromatic N) is 15. The summed E-state index contributed by atoms with van der Waals surface area (Å²) in [6, 6.07) is 33.5. The van der Waals surface area contributed by atoms with Crippen molar-refractivity contribution >= 4 is 179 Å². The smallest absolute Gasteiger partial charge is 0.338 e. The molecule has 6 aromatic carbocycles. The number of hydrogen-bond acceptors (Lipinski definition) is 28. The number of nitrogens with two attached hydrogens (primary N) is 2. The molecule has 9 aliphatic heterocycles. The molecule has 12 heterocycles. The van der Waals surface area contributed by atoms with E-state index in [1.54, 1.807) is 84.4 Å². The number of aryl methyl sites for hydroxylation is 2. The Hall–Kier alpha value is -12.7. The number of nitrogens with one attached hydrogen (secondary N) is 3. The lowest BCUT2D eigenvalue weighted by molar-refractivity contribution is -0.139. The lowest BCUT2D eigenvalue weighted by Crippen LogP contribution is -2.53. The molecule has 6 fully saturated rings. The van der Waals surface area contributed by atoms with Gasteiger partial charge in [0, 0.05) is 217 Å². The molecule has 18 rings (SSSR count). The van der Waals surface area contributed by atoms with Gasteiger partial charge in [-0.25, -0.2) is 57.3 Å². The number of ether oxygens (including phenoxy) is 4. The van der Waals surface area contributed by atoms with Gasteiger partial charge in [-0.15, -0.1) is 34.0 Å². The van der Waals surface area contributed by atoms with Gasteiger partial charge < -0.3 is 61.1 Å². The van der Waals surface area contributed by atoms with Crippen LogP contribution in [0.2, 0.25) is 15.1 Å². The zero-order valence-corrected chi connectivity index (χ0v) is 82.2. The van der Waals surface area contributed by atoms with Gasteiger partial charge in [0.25, 0.3) is 0 Å². The van der Waals surface area contributed by atoms with Crippen LogP contribution in [0.3, 0.4) is 0 Å². The summed E-state index contributed by atoms with van der Waals surface area (Å²) >= 11 is 27.1. The number of piperazine rings is 3. The first-order valence-electron chi connectivity index (χ1n) is 45.0. The average molecular weight is 2070 g/mol. The first-order valence-corrected chi connectivity index (χ1v) is 49.6. The van der Waals surface area contributed by atoms with Gasteiger partial charge in [0.05, 0.1) is 61.8 Å². The number of anilines is 3. The van der Waals surface area contributed by atoms with Gasteiger partial charge >= 0.3 is 42.0 Å². The largest absolute Gasteiger partial charge is 0.466 e. The van der Waals surface area contributed by atoms with Crippen molar-refractivity contribution in [2.45, 2.75) is 82.7 Å². The third-order valence-corrected chi connectivity index (χ3v) is 28.5. The number of hydrogen-bond donors (Lipinski definition) is 5. The first kappa shape index (κ1) is 99.3. The number of aliphatic imine (C=N–C) groups is 3. The summed E-state index contributed by atoms with van der Waals surface area (Å²) in [6.45, 7) is 13.7. The predicted octanol–water partition coefficient (Wildman–Crippen LogP) is 13.1. The second-order valence-corrected chi connectivity index (χ2v) is 38.3. The van der Waals surface area contributed by atoms with E-state index >= 15 is 0 Å². The lowest BCUT2D eigenvalue weighted by atomic mass is 9.95. The molecule has 3 aromatic heterocycles. The summed E-state index contributed by atoms with van der Waals surface area (Å²) in [5, 5.41) is 18.6. The van der Waals surface area contributed by atoms with E-state index in [0.29, 0.717) is 210 Å². The quantitative estimate of drug-likeness (QED) is 0.0165. The highest BCUT2D eigenvalue weighted by Crippen LogP contribution is 2.43. The molecule has 6 atom stereocenters. The number of esters is 4. The van der Waals surface area contributed by atoms with Gasteiger partial charge in [0.2, 0.25) is 11.8 Å². The minimum Gasteiger partial charge on any atom is -0.466 e. The Balaban J connectivity index is 0.000000151. The van der Waals surface area contributed by atoms with E-state index in [2.05, 4.69) is 61.5 Å². The van der Waals surface area contributed by atoms with Crippen LogP contribution in [0, 0.1) is 11.6 Å². The molecule has 7 N–H and O–H groups in total. The molecule has 6 saturated heterocycles. The van der Waals surface area contributed by atoms with E-state index in [4.69, 9.17) is 80.2 Å². The molecule has 0 saturated carbocycles. The first-order chi connectivity index (χ1) is 67.2. The fourth-order valence-corrected chi connectivity index (χ4v) is 21.1. The lowest BCUT2D eigenvalue weighted by Gasteiger charge is -2.38. The van der Waals surface area contributed by atoms with Crippen molar-refractivity contribution in [2.75, 3.05) is 140 Å². The third kappa shape index (κ3) is 23.2. The summed E-state index contributed by atoms with van der Waals surface area (Å²) in [5.74, 6) is -2.06. The van der Waals surface area contributed by atoms with Crippen molar-refractivity contribution in [2.24, 2.45) is 26.4 Å². The number of rotatable bonds is 29. The van der Waals surface area contributed by atoms with Crippen molar-refractivity contribution in [3.8, 4) is 0 Å². The Morgan fingerprint density at radius 3 is 1.19 bits per heavy atom. The molecule has 33 nitrogen and oxygen atoms in total. The summed E-state index contributed by atoms with van der Waals surface area (Å²) < 4.78 is 49.7. The zero-order valence-electron chi connectivity index (χ0n) is 75.9. The number of primary amides is 2. The van der Waals surface area contributed by atoms with Crippen molar-refractivity contribution in [3.05, 3.63) is 282 Å². The number of aromatic nitrogens is 3. The van der Waals surface area contributed by atoms with Crippen LogP contribution in [0.25, 0.3) is 6.08 Å². The van der Waals surface area contributed by atoms with Crippen molar-refractivity contribution in [1.82, 2.24) is 60.3 Å². The van der Waals surface area contributed by atoms with Crippen LogP contribution in [0.15, 0.2) is 221 Å². The average Bonchev–Trinajstić information content (AvgIpc) is 1.75. The van der Waals surface area contributed by atoms with E-state index in [1.807, 2.05) is 104 Å². The monoisotopic (exact) mass is 2070 g/mol. The van der Waals surface area contributed by atoms with Crippen LogP contribution in [-0.2, 0) is 60.6 Å². The molecule has 9 aromatic rings. The highest BCUT2D eigenvalue weighted by atomic mass is 79.9. The van der Waals surface area contributed by atoms with Gasteiger partial charge in [-0.1, -0.05) is 105 Å². The van der Waals surface area contributed by atoms with Crippen molar-refractivity contribution in [1.29, 1.82) is 0 Å². The second-order valence-electron chi connectivity index (χ2n) is 33.5. The summed E-state index contributed by atoms with van der Waals surface area (Å²) in [4.78, 5) is 160. The van der Waals surface area contributed by atoms with E-state index in [-0.39, 0.29) is 84.7 Å². The van der Waals surface area contributed by atoms with E-state index in [1.165, 1.54) is 77.5 Å². The second kappa shape index (κ2) is 45.0. The van der Waals surface area contributed by atoms with Crippen LogP contribution in [0.4, 0.5) is 40.2 Å². The topological polar surface area (TPSA) is 384 Å². The van der Waals surface area contributed by atoms with Crippen LogP contribution in [0.5, 0.6) is 0 Å². The number of amides is 8. The van der Waals surface area contributed by atoms with Crippen LogP contribution in [-0.4, -0.2) is 259 Å². The zero-order chi connectivity index (χ0) is 97.8. The molecular weight excluding hydrogens is 1970 g/mol. The SMILES string of the molecule is CCOC(=O)/C=C/c1ccc(N2C[C@@H]3CN(CC4=C(C(=O)OC)[C@H](c5ccc(F)cc5Cl)N=C(c5nccs5)N4)CCN3C2=O)cc1.CCOC(=O)C1=C(CN2CCN3C(=O)N(c4ccc(CCC(N)=O)cc4)C[C@@H]3C2)NC(c2nccs2)=N[C@H]1c1ccc(Cl)cc1Cl.CCOC(=O)C1=C(CN2CCN3C(=O)N(c4ccc(CCC(N)=O)cc4)C[C@@H]3C2)NC(c2nccs2)=N[C@H]1c1ccc(F)cc1Br. The molecule has 0 bridgehead atoms. The number of thiazole rings is 3. The number of methoxy groups -OCH3 is 1. The van der Waals surface area contributed by atoms with Crippen LogP contribution < -0.4 is 42.1 Å². The summed E-state index contributed by atoms with van der Waals surface area (Å²) in [7, 11) is 1.30. The number of carbonyl (C=O) groups excluding carboxylic acids is 9. The maximum absolute atomic E-state index is 14.1. The summed E-state index contributed by atoms with van der Waals surface area (Å²) in [5.41, 5.74) is 20.3. The fraction of sp³-hybridized carbons (Fsp3) is 0.330. The van der Waals surface area contributed by atoms with Crippen molar-refractivity contribution in [3.63, 3.8) is 0 Å². The van der Waals surface area contributed by atoms with E-state index in [0.717, 1.165) is 33.8 Å². The number of urea groups is 3. The number of amidine groups is 3. The highest BCUT2D eigenvalue weighted by molar-refractivity contribution is 9.10. The molecule has 0 spiro atoms. The Labute approximate surface area is 835 Å². The maximum Gasteiger partial charge on any atom is 0.338 e. The molecule has 139 heavy (non-hydrogen) atoms. The van der Waals surface area contributed by atoms with Crippen molar-refractivity contribution < 1.29 is 70.9 Å². The number of carbonyl (C=O) groups is 9. The van der Waals surface area contributed by atoms with Crippen LogP contribution in [0.1, 0.15) is 100 Å². The van der Waals surface area contributed by atoms with Gasteiger partial charge in [0.1, 0.15) is 29.8 Å². The Morgan fingerprint density at radius 1 is 0.468 bits per heavy atom. The van der Waals surface area contributed by atoms with E-state index in [9.17, 15) is 51.9 Å². The minimum absolute atomic E-state index is 0.0348. The number of halogens is 6. The van der Waals surface area contributed by atoms with Gasteiger partial charge in [0.15, 0.2) is 32.5 Å². The molecule has 9 aliphatic rings. The Kier molecular flexibility index (Phi) is 32.2. The molecule has 0 aliphatic carbocycles. The highest BCUT2D eigenvalue weighted by Gasteiger charge is 2.47. The maximum atomic E-state index is 14.1.